The molecule has 1 heterocycles. The number of aldehydes is 1. The monoisotopic (exact) mass is 247 g/mol. The third-order valence-electron chi connectivity index (χ3n) is 2.12. The Morgan fingerprint density at radius 2 is 2.00 bits per heavy atom. The molecule has 0 bridgehead atoms. The molecule has 0 spiro atoms. The van der Waals surface area contributed by atoms with Crippen molar-refractivity contribution in [2.45, 2.75) is 31.3 Å². The van der Waals surface area contributed by atoms with Gasteiger partial charge in [-0.15, -0.1) is 0 Å². The number of hydrogen-bond donors (Lipinski definition) is 2. The normalized spacial score (nSPS) is 25.6. The summed E-state index contributed by atoms with van der Waals surface area (Å²) >= 11 is 0. The molecular formula is C9H17N3O3S. The lowest BCUT2D eigenvalue weighted by Gasteiger charge is -2.34. The van der Waals surface area contributed by atoms with Gasteiger partial charge in [0.2, 0.25) is 0 Å². The molecule has 92 valence electrons. The van der Waals surface area contributed by atoms with Crippen LogP contribution in [0, 0.1) is 0 Å². The molecule has 0 saturated carbocycles. The lowest BCUT2D eigenvalue weighted by molar-refractivity contribution is -0.113. The number of nitrogens with one attached hydrogen (secondary N) is 2. The van der Waals surface area contributed by atoms with Gasteiger partial charge in [0.05, 0.1) is 0 Å². The first-order valence-corrected chi connectivity index (χ1v) is 6.30. The maximum atomic E-state index is 12.1. The van der Waals surface area contributed by atoms with Crippen LogP contribution in [0.25, 0.3) is 0 Å². The summed E-state index contributed by atoms with van der Waals surface area (Å²) in [7, 11) is -2.32. The lowest BCUT2D eigenvalue weighted by Crippen LogP contribution is -2.63. The third kappa shape index (κ3) is 2.05. The number of sulfonamides is 1. The van der Waals surface area contributed by atoms with Gasteiger partial charge in [0.1, 0.15) is 0 Å². The molecule has 0 aromatic heterocycles. The minimum absolute atomic E-state index is 0.376. The van der Waals surface area contributed by atoms with Crippen molar-refractivity contribution < 1.29 is 13.2 Å². The van der Waals surface area contributed by atoms with Crippen LogP contribution in [-0.2, 0) is 14.8 Å². The van der Waals surface area contributed by atoms with Gasteiger partial charge in [-0.25, -0.2) is 13.1 Å². The number of hydrogen-bond acceptors (Lipinski definition) is 5. The van der Waals surface area contributed by atoms with Crippen LogP contribution in [-0.4, -0.2) is 37.2 Å². The van der Waals surface area contributed by atoms with Crippen molar-refractivity contribution in [2.75, 3.05) is 7.05 Å². The smallest absolute Gasteiger partial charge is 0.285 e. The quantitative estimate of drug-likeness (QED) is 0.661. The zero-order chi connectivity index (χ0) is 12.6. The molecule has 1 unspecified atom stereocenters. The van der Waals surface area contributed by atoms with Crippen LogP contribution in [0.2, 0.25) is 0 Å². The molecule has 0 aromatic carbocycles. The molecular weight excluding hydrogens is 230 g/mol. The molecule has 16 heavy (non-hydrogen) atoms. The summed E-state index contributed by atoms with van der Waals surface area (Å²) in [4.78, 5) is 10.7. The van der Waals surface area contributed by atoms with Gasteiger partial charge in [-0.1, -0.05) is 0 Å². The predicted octanol–water partition coefficient (Wildman–Crippen LogP) is -0.437. The number of nitrogens with zero attached hydrogens (tertiary/aromatic N) is 1. The molecule has 0 amide bonds. The average molecular weight is 247 g/mol. The maximum Gasteiger partial charge on any atom is 0.285 e. The van der Waals surface area contributed by atoms with Gasteiger partial charge in [0, 0.05) is 25.0 Å². The Morgan fingerprint density at radius 1 is 1.44 bits per heavy atom. The van der Waals surface area contributed by atoms with Crippen LogP contribution in [0.5, 0.6) is 0 Å². The summed E-state index contributed by atoms with van der Waals surface area (Å²) in [6.45, 7) is 5.14. The molecule has 1 aliphatic rings. The molecule has 6 nitrogen and oxygen atoms in total. The van der Waals surface area contributed by atoms with E-state index in [2.05, 4.69) is 10.0 Å². The summed E-state index contributed by atoms with van der Waals surface area (Å²) in [6.07, 6.45) is 3.30. The van der Waals surface area contributed by atoms with E-state index in [1.54, 1.807) is 20.8 Å². The second-order valence-corrected chi connectivity index (χ2v) is 6.57. The van der Waals surface area contributed by atoms with Crippen LogP contribution in [0.3, 0.4) is 0 Å². The highest BCUT2D eigenvalue weighted by Crippen LogP contribution is 2.21. The Bertz CT molecular complexity index is 410. The molecule has 1 rings (SSSR count). The number of rotatable bonds is 3. The van der Waals surface area contributed by atoms with E-state index in [1.807, 2.05) is 0 Å². The molecule has 0 saturated heterocycles. The molecule has 0 fully saturated rings. The fraction of sp³-hybridized carbons (Fsp3) is 0.667. The van der Waals surface area contributed by atoms with Crippen molar-refractivity contribution in [3.8, 4) is 0 Å². The van der Waals surface area contributed by atoms with E-state index in [1.165, 1.54) is 24.3 Å². The summed E-state index contributed by atoms with van der Waals surface area (Å²) in [6, 6.07) is 0. The van der Waals surface area contributed by atoms with E-state index in [9.17, 15) is 13.2 Å². The first-order chi connectivity index (χ1) is 7.15. The van der Waals surface area contributed by atoms with Crippen LogP contribution < -0.4 is 10.0 Å². The topological polar surface area (TPSA) is 78.5 Å². The highest BCUT2D eigenvalue weighted by molar-refractivity contribution is 7.91. The highest BCUT2D eigenvalue weighted by atomic mass is 32.2. The van der Waals surface area contributed by atoms with E-state index in [4.69, 9.17) is 0 Å². The van der Waals surface area contributed by atoms with E-state index in [0.717, 1.165) is 0 Å². The average Bonchev–Trinajstić information content (AvgIpc) is 2.43. The molecule has 2 N–H and O–H groups in total. The minimum Gasteiger partial charge on any atom is -0.348 e. The summed E-state index contributed by atoms with van der Waals surface area (Å²) in [5.41, 5.74) is -0.639. The maximum absolute atomic E-state index is 12.1. The van der Waals surface area contributed by atoms with Crippen LogP contribution >= 0.6 is 0 Å². The Kier molecular flexibility index (Phi) is 3.04. The van der Waals surface area contributed by atoms with Crippen molar-refractivity contribution in [3.63, 3.8) is 0 Å². The van der Waals surface area contributed by atoms with Gasteiger partial charge >= 0.3 is 0 Å². The Hall–Kier alpha value is -1.08. The molecule has 1 atom stereocenters. The lowest BCUT2D eigenvalue weighted by atomic mass is 10.1. The van der Waals surface area contributed by atoms with Gasteiger partial charge in [0.25, 0.3) is 15.0 Å². The van der Waals surface area contributed by atoms with E-state index >= 15 is 0 Å². The van der Waals surface area contributed by atoms with Crippen molar-refractivity contribution in [1.82, 2.24) is 14.9 Å². The molecule has 1 aliphatic heterocycles. The third-order valence-corrected chi connectivity index (χ3v) is 4.32. The largest absolute Gasteiger partial charge is 0.348 e. The standard InChI is InChI=1S/C9H17N3O3S/c1-8(2,3)11-16(14,15)9(7-13)10-5-6-12(9)4/h5-7,10-11H,1-4H3. The van der Waals surface area contributed by atoms with Gasteiger partial charge in [0.15, 0.2) is 6.29 Å². The molecule has 0 aromatic rings. The molecule has 0 radical (unpaired) electrons. The summed E-state index contributed by atoms with van der Waals surface area (Å²) < 4.78 is 26.7. The predicted molar refractivity (Wildman–Crippen MR) is 60.6 cm³/mol. The second-order valence-electron chi connectivity index (χ2n) is 4.74. The zero-order valence-corrected chi connectivity index (χ0v) is 10.6. The fourth-order valence-corrected chi connectivity index (χ4v) is 3.16. The van der Waals surface area contributed by atoms with Crippen LogP contribution in [0.1, 0.15) is 20.8 Å². The molecule has 0 aliphatic carbocycles. The van der Waals surface area contributed by atoms with Crippen molar-refractivity contribution in [2.24, 2.45) is 0 Å². The summed E-state index contributed by atoms with van der Waals surface area (Å²) in [5.74, 6) is 0. The van der Waals surface area contributed by atoms with Gasteiger partial charge in [-0.05, 0) is 20.8 Å². The summed E-state index contributed by atoms with van der Waals surface area (Å²) in [5, 5.41) is 2.56. The number of carbonyl (C=O) groups is 1. The number of carbonyl (C=O) groups excluding carboxylic acids is 1. The van der Waals surface area contributed by atoms with Crippen LogP contribution in [0.15, 0.2) is 12.4 Å². The first kappa shape index (κ1) is 13.0. The van der Waals surface area contributed by atoms with E-state index in [0.29, 0.717) is 6.29 Å². The van der Waals surface area contributed by atoms with Gasteiger partial charge in [-0.2, -0.15) is 0 Å². The van der Waals surface area contributed by atoms with Crippen molar-refractivity contribution in [1.29, 1.82) is 0 Å². The zero-order valence-electron chi connectivity index (χ0n) is 9.81. The Morgan fingerprint density at radius 3 is 2.31 bits per heavy atom. The minimum atomic E-state index is -3.84. The van der Waals surface area contributed by atoms with Gasteiger partial charge < -0.3 is 10.2 Å². The van der Waals surface area contributed by atoms with E-state index < -0.39 is 20.6 Å². The van der Waals surface area contributed by atoms with Crippen LogP contribution in [0.4, 0.5) is 0 Å². The SMILES string of the molecule is CN1C=CNC1(C=O)S(=O)(=O)NC(C)(C)C. The fourth-order valence-electron chi connectivity index (χ4n) is 1.41. The van der Waals surface area contributed by atoms with E-state index in [-0.39, 0.29) is 0 Å². The van der Waals surface area contributed by atoms with Crippen molar-refractivity contribution in [3.05, 3.63) is 12.4 Å². The Balaban J connectivity index is 3.11. The first-order valence-electron chi connectivity index (χ1n) is 4.82. The highest BCUT2D eigenvalue weighted by Gasteiger charge is 2.49. The van der Waals surface area contributed by atoms with Gasteiger partial charge in [-0.3, -0.25) is 4.79 Å². The number of likely N-dealkylation sites (N-methyl/N-ethyl adjacent to an activating group) is 1. The molecule has 7 heteroatoms. The van der Waals surface area contributed by atoms with Crippen molar-refractivity contribution >= 4 is 16.3 Å². The Labute approximate surface area is 95.7 Å². The second kappa shape index (κ2) is 3.74.